The van der Waals surface area contributed by atoms with Gasteiger partial charge in [0.1, 0.15) is 5.76 Å². The Kier molecular flexibility index (Phi) is 5.41. The molecule has 0 bridgehead atoms. The van der Waals surface area contributed by atoms with Crippen molar-refractivity contribution in [1.82, 2.24) is 4.90 Å². The van der Waals surface area contributed by atoms with Crippen LogP contribution in [0.1, 0.15) is 17.2 Å². The summed E-state index contributed by atoms with van der Waals surface area (Å²) in [5.74, 6) is -1.88. The number of non-ortho nitro benzene ring substituents is 1. The Balaban J connectivity index is 2.17. The summed E-state index contributed by atoms with van der Waals surface area (Å²) in [5.41, 5.74) is 0.678. The average Bonchev–Trinajstić information content (AvgIpc) is 2.93. The molecule has 0 aliphatic carbocycles. The van der Waals surface area contributed by atoms with E-state index in [1.165, 1.54) is 35.2 Å². The number of carbonyl (C=O) groups excluding carboxylic acids is 2. The Bertz CT molecular complexity index is 996. The predicted octanol–water partition coefficient (Wildman–Crippen LogP) is 3.97. The highest BCUT2D eigenvalue weighted by atomic mass is 79.9. The molecule has 1 fully saturated rings. The Morgan fingerprint density at radius 3 is 2.32 bits per heavy atom. The number of halogens is 1. The summed E-state index contributed by atoms with van der Waals surface area (Å²) in [6, 6.07) is 11.3. The van der Waals surface area contributed by atoms with Crippen LogP contribution < -0.4 is 0 Å². The van der Waals surface area contributed by atoms with Crippen LogP contribution in [0.4, 0.5) is 5.69 Å². The van der Waals surface area contributed by atoms with Gasteiger partial charge >= 0.3 is 0 Å². The molecule has 1 amide bonds. The van der Waals surface area contributed by atoms with Gasteiger partial charge in [-0.25, -0.2) is 0 Å². The highest BCUT2D eigenvalue weighted by Gasteiger charge is 2.45. The molecule has 2 aromatic carbocycles. The third-order valence-corrected chi connectivity index (χ3v) is 4.93. The van der Waals surface area contributed by atoms with E-state index in [4.69, 9.17) is 0 Å². The first-order chi connectivity index (χ1) is 13.3. The van der Waals surface area contributed by atoms with Gasteiger partial charge in [0.2, 0.25) is 0 Å². The van der Waals surface area contributed by atoms with Gasteiger partial charge in [-0.1, -0.05) is 34.1 Å². The van der Waals surface area contributed by atoms with Gasteiger partial charge in [0.05, 0.1) is 16.5 Å². The molecule has 1 aliphatic heterocycles. The van der Waals surface area contributed by atoms with Crippen LogP contribution in [0.5, 0.6) is 0 Å². The topological polar surface area (TPSA) is 101 Å². The number of hydrogen-bond acceptors (Lipinski definition) is 5. The number of nitrogens with zero attached hydrogens (tertiary/aromatic N) is 2. The van der Waals surface area contributed by atoms with E-state index < -0.39 is 22.7 Å². The smallest absolute Gasteiger partial charge is 0.295 e. The molecule has 28 heavy (non-hydrogen) atoms. The van der Waals surface area contributed by atoms with Crippen LogP contribution in [0.2, 0.25) is 0 Å². The molecule has 0 radical (unpaired) electrons. The zero-order valence-electron chi connectivity index (χ0n) is 14.5. The SMILES string of the molecule is C=CCN1C(=O)C(=O)/C(=C(/O)c2ccc(Br)cc2)C1c1ccc([N+](=O)[O-])cc1. The highest BCUT2D eigenvalue weighted by Crippen LogP contribution is 2.39. The second-order valence-electron chi connectivity index (χ2n) is 6.10. The second-order valence-corrected chi connectivity index (χ2v) is 7.01. The number of benzene rings is 2. The minimum absolute atomic E-state index is 0.0666. The van der Waals surface area contributed by atoms with Gasteiger partial charge in [-0.15, -0.1) is 6.58 Å². The van der Waals surface area contributed by atoms with Gasteiger partial charge in [-0.2, -0.15) is 0 Å². The van der Waals surface area contributed by atoms with Crippen molar-refractivity contribution in [2.45, 2.75) is 6.04 Å². The molecule has 0 saturated carbocycles. The Labute approximate surface area is 168 Å². The third-order valence-electron chi connectivity index (χ3n) is 4.40. The van der Waals surface area contributed by atoms with Gasteiger partial charge in [0, 0.05) is 28.7 Å². The standard InChI is InChI=1S/C20H15BrN2O5/c1-2-11-22-17(12-5-9-15(10-6-12)23(27)28)16(19(25)20(22)26)18(24)13-3-7-14(21)8-4-13/h2-10,17,24H,1,11H2/b18-16+. The molecule has 0 spiro atoms. The van der Waals surface area contributed by atoms with Crippen molar-refractivity contribution < 1.29 is 19.6 Å². The molecule has 1 N–H and O–H groups in total. The first-order valence-electron chi connectivity index (χ1n) is 8.24. The summed E-state index contributed by atoms with van der Waals surface area (Å²) < 4.78 is 0.795. The molecule has 7 nitrogen and oxygen atoms in total. The second kappa shape index (κ2) is 7.77. The molecule has 1 atom stereocenters. The summed E-state index contributed by atoms with van der Waals surface area (Å²) in [6.45, 7) is 3.70. The van der Waals surface area contributed by atoms with Gasteiger partial charge in [0.25, 0.3) is 17.4 Å². The first-order valence-corrected chi connectivity index (χ1v) is 9.04. The molecule has 2 aromatic rings. The lowest BCUT2D eigenvalue weighted by atomic mass is 9.95. The van der Waals surface area contributed by atoms with Crippen LogP contribution in [-0.4, -0.2) is 33.2 Å². The van der Waals surface area contributed by atoms with Crippen molar-refractivity contribution in [3.8, 4) is 0 Å². The van der Waals surface area contributed by atoms with Crippen molar-refractivity contribution in [1.29, 1.82) is 0 Å². The molecule has 3 rings (SSSR count). The number of likely N-dealkylation sites (tertiary alicyclic amines) is 1. The van der Waals surface area contributed by atoms with Gasteiger partial charge in [0.15, 0.2) is 0 Å². The number of nitro groups is 1. The van der Waals surface area contributed by atoms with Crippen molar-refractivity contribution in [3.63, 3.8) is 0 Å². The molecule has 8 heteroatoms. The number of amides is 1. The Hall–Kier alpha value is -3.26. The van der Waals surface area contributed by atoms with E-state index in [2.05, 4.69) is 22.5 Å². The number of Topliss-reactive ketones (excluding diaryl/α,β-unsaturated/α-hetero) is 1. The molecule has 1 saturated heterocycles. The molecule has 142 valence electrons. The van der Waals surface area contributed by atoms with Crippen molar-refractivity contribution >= 4 is 39.1 Å². The molecular weight excluding hydrogens is 428 g/mol. The van der Waals surface area contributed by atoms with E-state index in [1.807, 2.05) is 0 Å². The fraction of sp³-hybridized carbons (Fsp3) is 0.100. The van der Waals surface area contributed by atoms with E-state index in [0.29, 0.717) is 11.1 Å². The zero-order chi connectivity index (χ0) is 20.4. The maximum Gasteiger partial charge on any atom is 0.295 e. The minimum Gasteiger partial charge on any atom is -0.507 e. The van der Waals surface area contributed by atoms with Crippen LogP contribution in [0.15, 0.2) is 71.2 Å². The van der Waals surface area contributed by atoms with E-state index in [1.54, 1.807) is 24.3 Å². The maximum atomic E-state index is 12.7. The van der Waals surface area contributed by atoms with Gasteiger partial charge in [-0.05, 0) is 29.8 Å². The van der Waals surface area contributed by atoms with Gasteiger partial charge < -0.3 is 10.0 Å². The fourth-order valence-corrected chi connectivity index (χ4v) is 3.36. The molecule has 1 aliphatic rings. The summed E-state index contributed by atoms with van der Waals surface area (Å²) in [4.78, 5) is 36.8. The fourth-order valence-electron chi connectivity index (χ4n) is 3.10. The van der Waals surface area contributed by atoms with Gasteiger partial charge in [-0.3, -0.25) is 19.7 Å². The molecule has 1 heterocycles. The summed E-state index contributed by atoms with van der Waals surface area (Å²) in [6.07, 6.45) is 1.48. The molecular formula is C20H15BrN2O5. The monoisotopic (exact) mass is 442 g/mol. The normalized spacial score (nSPS) is 18.3. The van der Waals surface area contributed by atoms with Crippen molar-refractivity contribution in [2.75, 3.05) is 6.54 Å². The highest BCUT2D eigenvalue weighted by molar-refractivity contribution is 9.10. The number of ketones is 1. The molecule has 1 unspecified atom stereocenters. The first kappa shape index (κ1) is 19.5. The predicted molar refractivity (Wildman–Crippen MR) is 106 cm³/mol. The lowest BCUT2D eigenvalue weighted by Crippen LogP contribution is -2.29. The van der Waals surface area contributed by atoms with E-state index in [0.717, 1.165) is 4.47 Å². The zero-order valence-corrected chi connectivity index (χ0v) is 16.1. The summed E-state index contributed by atoms with van der Waals surface area (Å²) >= 11 is 3.30. The van der Waals surface area contributed by atoms with E-state index in [-0.39, 0.29) is 23.6 Å². The van der Waals surface area contributed by atoms with Crippen LogP contribution >= 0.6 is 15.9 Å². The quantitative estimate of drug-likeness (QED) is 0.188. The maximum absolute atomic E-state index is 12.7. The van der Waals surface area contributed by atoms with Crippen LogP contribution in [-0.2, 0) is 9.59 Å². The van der Waals surface area contributed by atoms with E-state index >= 15 is 0 Å². The lowest BCUT2D eigenvalue weighted by Gasteiger charge is -2.24. The van der Waals surface area contributed by atoms with Crippen molar-refractivity contribution in [3.05, 3.63) is 92.5 Å². The largest absolute Gasteiger partial charge is 0.507 e. The Morgan fingerprint density at radius 2 is 1.79 bits per heavy atom. The molecule has 0 aromatic heterocycles. The van der Waals surface area contributed by atoms with Crippen LogP contribution in [0.25, 0.3) is 5.76 Å². The number of rotatable bonds is 5. The van der Waals surface area contributed by atoms with Crippen LogP contribution in [0.3, 0.4) is 0 Å². The number of carbonyl (C=O) groups is 2. The van der Waals surface area contributed by atoms with E-state index in [9.17, 15) is 24.8 Å². The van der Waals surface area contributed by atoms with Crippen molar-refractivity contribution in [2.24, 2.45) is 0 Å². The summed E-state index contributed by atoms with van der Waals surface area (Å²) in [5, 5.41) is 21.7. The minimum atomic E-state index is -0.873. The number of aliphatic hydroxyl groups excluding tert-OH is 1. The lowest BCUT2D eigenvalue weighted by molar-refractivity contribution is -0.384. The summed E-state index contributed by atoms with van der Waals surface area (Å²) in [7, 11) is 0. The van der Waals surface area contributed by atoms with Crippen LogP contribution in [0, 0.1) is 10.1 Å². The third kappa shape index (κ3) is 3.46. The number of aliphatic hydroxyl groups is 1. The number of nitro benzene ring substituents is 1. The average molecular weight is 443 g/mol. The Morgan fingerprint density at radius 1 is 1.18 bits per heavy atom. The number of hydrogen-bond donors (Lipinski definition) is 1.